The Balaban J connectivity index is 2.29. The lowest BCUT2D eigenvalue weighted by Gasteiger charge is -2.13. The number of aryl methyl sites for hydroxylation is 1. The van der Waals surface area contributed by atoms with Gasteiger partial charge in [-0.2, -0.15) is 0 Å². The normalized spacial score (nSPS) is 11.0. The Morgan fingerprint density at radius 3 is 2.62 bits per heavy atom. The van der Waals surface area contributed by atoms with E-state index in [2.05, 4.69) is 10.3 Å². The predicted octanol–water partition coefficient (Wildman–Crippen LogP) is -0.228. The first-order valence-electron chi connectivity index (χ1n) is 7.64. The van der Waals surface area contributed by atoms with Crippen LogP contribution in [0, 0.1) is 0 Å². The number of aromatic hydroxyl groups is 1. The number of nitrogens with one attached hydrogen (secondary N) is 1. The van der Waals surface area contributed by atoms with E-state index in [-0.39, 0.29) is 5.65 Å². The highest BCUT2D eigenvalue weighted by molar-refractivity contribution is 6.00. The molecule has 0 aliphatic carbocycles. The van der Waals surface area contributed by atoms with Crippen molar-refractivity contribution < 1.29 is 19.8 Å². The molecule has 0 aliphatic rings. The summed E-state index contributed by atoms with van der Waals surface area (Å²) in [5.41, 5.74) is 0.687. The number of amides is 1. The van der Waals surface area contributed by atoms with Gasteiger partial charge >= 0.3 is 5.97 Å². The Labute approximate surface area is 146 Å². The van der Waals surface area contributed by atoms with Gasteiger partial charge in [0.25, 0.3) is 11.5 Å². The number of benzene rings is 1. The Hall–Kier alpha value is -3.56. The lowest BCUT2D eigenvalue weighted by atomic mass is 10.2. The number of imidazole rings is 1. The van der Waals surface area contributed by atoms with E-state index in [1.165, 1.54) is 11.6 Å². The fourth-order valence-corrected chi connectivity index (χ4v) is 2.70. The van der Waals surface area contributed by atoms with Gasteiger partial charge < -0.3 is 20.4 Å². The largest absolute Gasteiger partial charge is 0.504 e. The third kappa shape index (κ3) is 2.61. The van der Waals surface area contributed by atoms with Crippen molar-refractivity contribution in [2.45, 2.75) is 0 Å². The van der Waals surface area contributed by atoms with Gasteiger partial charge in [0, 0.05) is 26.8 Å². The zero-order valence-corrected chi connectivity index (χ0v) is 14.3. The van der Waals surface area contributed by atoms with E-state index in [0.29, 0.717) is 11.0 Å². The van der Waals surface area contributed by atoms with Crippen molar-refractivity contribution in [1.29, 1.82) is 0 Å². The van der Waals surface area contributed by atoms with Crippen LogP contribution in [0.4, 0.5) is 5.69 Å². The summed E-state index contributed by atoms with van der Waals surface area (Å²) in [6.45, 7) is -0.671. The second-order valence-electron chi connectivity index (χ2n) is 5.94. The van der Waals surface area contributed by atoms with Crippen molar-refractivity contribution in [2.24, 2.45) is 7.05 Å². The lowest BCUT2D eigenvalue weighted by Crippen LogP contribution is -2.36. The number of carboxylic acid groups (broad SMARTS) is 1. The first-order valence-corrected chi connectivity index (χ1v) is 7.64. The van der Waals surface area contributed by atoms with Gasteiger partial charge in [-0.3, -0.25) is 14.4 Å². The molecule has 0 fully saturated rings. The molecule has 0 saturated carbocycles. The van der Waals surface area contributed by atoms with E-state index >= 15 is 0 Å². The molecular formula is C16H17N5O5. The second kappa shape index (κ2) is 6.06. The fraction of sp³-hybridized carbons (Fsp3) is 0.250. The topological polar surface area (TPSA) is 129 Å². The van der Waals surface area contributed by atoms with E-state index in [1.807, 2.05) is 25.1 Å². The van der Waals surface area contributed by atoms with Crippen LogP contribution in [0.25, 0.3) is 16.7 Å². The van der Waals surface area contributed by atoms with Crippen LogP contribution < -0.4 is 15.8 Å². The molecule has 0 atom stereocenters. The number of nitrogens with zero attached hydrogens (tertiary/aromatic N) is 4. The number of hydrogen-bond acceptors (Lipinski definition) is 6. The maximum Gasteiger partial charge on any atom is 0.322 e. The van der Waals surface area contributed by atoms with Crippen LogP contribution in [0.5, 0.6) is 5.75 Å². The minimum absolute atomic E-state index is 0.0264. The van der Waals surface area contributed by atoms with Crippen molar-refractivity contribution >= 4 is 34.2 Å². The summed E-state index contributed by atoms with van der Waals surface area (Å²) in [6, 6.07) is 5.38. The lowest BCUT2D eigenvalue weighted by molar-refractivity contribution is -0.135. The number of hydrogen-bond donors (Lipinski definition) is 3. The summed E-state index contributed by atoms with van der Waals surface area (Å²) in [7, 11) is 5.17. The van der Waals surface area contributed by atoms with Crippen molar-refractivity contribution in [3.05, 3.63) is 34.1 Å². The molecule has 2 heterocycles. The fourth-order valence-electron chi connectivity index (χ4n) is 2.70. The minimum Gasteiger partial charge on any atom is -0.504 e. The number of carbonyl (C=O) groups is 2. The van der Waals surface area contributed by atoms with Crippen LogP contribution in [0.2, 0.25) is 0 Å². The molecule has 136 valence electrons. The first-order chi connectivity index (χ1) is 12.2. The average molecular weight is 359 g/mol. The predicted molar refractivity (Wildman–Crippen MR) is 93.9 cm³/mol. The van der Waals surface area contributed by atoms with Crippen LogP contribution in [-0.2, 0) is 11.8 Å². The summed E-state index contributed by atoms with van der Waals surface area (Å²) in [6.07, 6.45) is 0. The molecule has 3 rings (SSSR count). The summed E-state index contributed by atoms with van der Waals surface area (Å²) in [4.78, 5) is 41.5. The molecule has 0 radical (unpaired) electrons. The van der Waals surface area contributed by atoms with E-state index in [4.69, 9.17) is 5.11 Å². The number of anilines is 1. The molecule has 0 saturated heterocycles. The van der Waals surface area contributed by atoms with Gasteiger partial charge in [-0.25, -0.2) is 14.2 Å². The third-order valence-corrected chi connectivity index (χ3v) is 4.01. The smallest absolute Gasteiger partial charge is 0.322 e. The van der Waals surface area contributed by atoms with Gasteiger partial charge in [-0.05, 0) is 18.2 Å². The van der Waals surface area contributed by atoms with Crippen LogP contribution >= 0.6 is 0 Å². The molecule has 0 unspecified atom stereocenters. The summed E-state index contributed by atoms with van der Waals surface area (Å²) < 4.78 is 2.56. The van der Waals surface area contributed by atoms with Gasteiger partial charge in [0.15, 0.2) is 17.0 Å². The van der Waals surface area contributed by atoms with Crippen LogP contribution in [-0.4, -0.2) is 56.9 Å². The number of aromatic nitrogens is 3. The molecule has 26 heavy (non-hydrogen) atoms. The number of carboxylic acids is 1. The number of carbonyl (C=O) groups excluding carboxylic acids is 1. The molecule has 3 aromatic rings. The molecular weight excluding hydrogens is 342 g/mol. The zero-order chi connectivity index (χ0) is 19.2. The van der Waals surface area contributed by atoms with Gasteiger partial charge in [-0.1, -0.05) is 0 Å². The number of rotatable bonds is 4. The molecule has 3 N–H and O–H groups in total. The van der Waals surface area contributed by atoms with Crippen LogP contribution in [0.15, 0.2) is 23.0 Å². The Kier molecular flexibility index (Phi) is 4.03. The molecule has 0 bridgehead atoms. The van der Waals surface area contributed by atoms with E-state index < -0.39 is 35.3 Å². The highest BCUT2D eigenvalue weighted by Gasteiger charge is 2.24. The SMILES string of the molecule is CN(C)c1ccc2nc3c(O)c(C(=O)NCC(=O)O)c(=O)n(C)n3c2c1. The van der Waals surface area contributed by atoms with Gasteiger partial charge in [0.05, 0.1) is 11.0 Å². The monoisotopic (exact) mass is 359 g/mol. The average Bonchev–Trinajstić information content (AvgIpc) is 2.97. The Morgan fingerprint density at radius 1 is 1.31 bits per heavy atom. The van der Waals surface area contributed by atoms with Crippen molar-refractivity contribution in [3.63, 3.8) is 0 Å². The molecule has 0 spiro atoms. The maximum atomic E-state index is 12.6. The molecule has 1 amide bonds. The van der Waals surface area contributed by atoms with Gasteiger partial charge in [0.2, 0.25) is 0 Å². The molecule has 10 heteroatoms. The first kappa shape index (κ1) is 17.3. The molecule has 10 nitrogen and oxygen atoms in total. The second-order valence-corrected chi connectivity index (χ2v) is 5.94. The van der Waals surface area contributed by atoms with E-state index in [9.17, 15) is 19.5 Å². The summed E-state index contributed by atoms with van der Waals surface area (Å²) in [5.74, 6) is -2.84. The minimum atomic E-state index is -1.27. The Morgan fingerprint density at radius 2 is 2.00 bits per heavy atom. The highest BCUT2D eigenvalue weighted by Crippen LogP contribution is 2.27. The molecule has 0 aliphatic heterocycles. The van der Waals surface area contributed by atoms with Gasteiger partial charge in [-0.15, -0.1) is 0 Å². The van der Waals surface area contributed by atoms with Crippen molar-refractivity contribution in [3.8, 4) is 5.75 Å². The van der Waals surface area contributed by atoms with E-state index in [1.54, 1.807) is 12.1 Å². The van der Waals surface area contributed by atoms with Crippen molar-refractivity contribution in [2.75, 3.05) is 25.5 Å². The van der Waals surface area contributed by atoms with Crippen LogP contribution in [0.1, 0.15) is 10.4 Å². The molecule has 1 aromatic carbocycles. The Bertz CT molecular complexity index is 1110. The van der Waals surface area contributed by atoms with Crippen molar-refractivity contribution in [1.82, 2.24) is 19.5 Å². The number of aliphatic carboxylic acids is 1. The van der Waals surface area contributed by atoms with Crippen LogP contribution in [0.3, 0.4) is 0 Å². The van der Waals surface area contributed by atoms with Gasteiger partial charge in [0.1, 0.15) is 6.54 Å². The maximum absolute atomic E-state index is 12.6. The standard InChI is InChI=1S/C16H17N5O5/c1-19(2)8-4-5-9-10(6-8)21-14(18-9)13(24)12(16(26)20(21)3)15(25)17-7-11(22)23/h4-6,24H,7H2,1-3H3,(H,17,25)(H,22,23). The summed E-state index contributed by atoms with van der Waals surface area (Å²) >= 11 is 0. The highest BCUT2D eigenvalue weighted by atomic mass is 16.4. The number of fused-ring (bicyclic) bond motifs is 3. The third-order valence-electron chi connectivity index (χ3n) is 4.01. The molecule has 2 aromatic heterocycles. The zero-order valence-electron chi connectivity index (χ0n) is 14.3. The summed E-state index contributed by atoms with van der Waals surface area (Å²) in [5, 5.41) is 21.2. The quantitative estimate of drug-likeness (QED) is 0.587. The van der Waals surface area contributed by atoms with E-state index in [0.717, 1.165) is 10.4 Å².